The maximum Gasteiger partial charge on any atom is 0.225 e. The number of nitrogens with zero attached hydrogens (tertiary/aromatic N) is 7. The van der Waals surface area contributed by atoms with E-state index in [0.29, 0.717) is 35.1 Å². The molecule has 40 heavy (non-hydrogen) atoms. The highest BCUT2D eigenvalue weighted by atomic mass is 32.2. The third-order valence-corrected chi connectivity index (χ3v) is 8.73. The van der Waals surface area contributed by atoms with Crippen LogP contribution in [0.4, 0.5) is 10.3 Å². The Bertz CT molecular complexity index is 1550. The van der Waals surface area contributed by atoms with Crippen LogP contribution < -0.4 is 14.4 Å². The molecule has 0 bridgehead atoms. The lowest BCUT2D eigenvalue weighted by Crippen LogP contribution is -2.50. The van der Waals surface area contributed by atoms with Gasteiger partial charge in [-0.1, -0.05) is 6.07 Å². The summed E-state index contributed by atoms with van der Waals surface area (Å²) in [6.07, 6.45) is 5.20. The smallest absolute Gasteiger partial charge is 0.225 e. The van der Waals surface area contributed by atoms with Crippen LogP contribution in [0.15, 0.2) is 55.1 Å². The Hall–Kier alpha value is -4.17. The molecule has 0 radical (unpaired) electrons. The summed E-state index contributed by atoms with van der Waals surface area (Å²) >= 11 is 0. The SMILES string of the molecule is COc1cccc(OC)c1-n1c(CS(=O)(=O)[C@@H]2C[C@@H](OC)CN(c3ncc(F)cn3)C2)nnc1-c1cccnc1. The van der Waals surface area contributed by atoms with E-state index in [0.717, 1.165) is 12.4 Å². The third kappa shape index (κ3) is 5.45. The molecule has 14 heteroatoms. The van der Waals surface area contributed by atoms with E-state index in [1.165, 1.54) is 21.3 Å². The number of halogens is 1. The lowest BCUT2D eigenvalue weighted by atomic mass is 10.1. The molecule has 4 heterocycles. The molecule has 0 amide bonds. The van der Waals surface area contributed by atoms with Crippen molar-refractivity contribution in [2.75, 3.05) is 39.3 Å². The molecular formula is C26H28FN7O5S. The molecule has 0 spiro atoms. The standard InChI is InChI=1S/C26H28FN7O5S/c1-37-19-10-20(15-33(14-19)26-29-12-18(27)13-30-26)40(35,36)16-23-31-32-25(17-6-5-9-28-11-17)34(23)24-21(38-2)7-4-8-22(24)39-3/h4-9,11-13,19-20H,10,14-16H2,1-3H3/t19-,20-/m1/s1. The van der Waals surface area contributed by atoms with Crippen molar-refractivity contribution in [3.8, 4) is 28.6 Å². The Morgan fingerprint density at radius 3 is 2.33 bits per heavy atom. The molecule has 2 atom stereocenters. The molecule has 0 saturated carbocycles. The number of aromatic nitrogens is 6. The van der Waals surface area contributed by atoms with Gasteiger partial charge in [0.15, 0.2) is 27.3 Å². The summed E-state index contributed by atoms with van der Waals surface area (Å²) in [5.41, 5.74) is 1.09. The number of rotatable bonds is 9. The first kappa shape index (κ1) is 27.4. The molecule has 210 valence electrons. The van der Waals surface area contributed by atoms with Crippen molar-refractivity contribution in [1.82, 2.24) is 29.7 Å². The van der Waals surface area contributed by atoms with E-state index in [1.54, 1.807) is 52.2 Å². The van der Waals surface area contributed by atoms with Gasteiger partial charge in [-0.15, -0.1) is 10.2 Å². The van der Waals surface area contributed by atoms with Crippen LogP contribution in [0.5, 0.6) is 11.5 Å². The average molecular weight is 570 g/mol. The minimum absolute atomic E-state index is 0.107. The molecule has 3 aromatic heterocycles. The van der Waals surface area contributed by atoms with Crippen molar-refractivity contribution in [2.24, 2.45) is 0 Å². The molecule has 5 rings (SSSR count). The molecule has 4 aromatic rings. The van der Waals surface area contributed by atoms with Gasteiger partial charge >= 0.3 is 0 Å². The maximum atomic E-state index is 13.9. The molecule has 1 aliphatic heterocycles. The minimum Gasteiger partial charge on any atom is -0.494 e. The fourth-order valence-electron chi connectivity index (χ4n) is 4.75. The minimum atomic E-state index is -3.84. The van der Waals surface area contributed by atoms with Crippen LogP contribution in [0.3, 0.4) is 0 Å². The number of benzene rings is 1. The highest BCUT2D eigenvalue weighted by Crippen LogP contribution is 2.37. The van der Waals surface area contributed by atoms with E-state index in [2.05, 4.69) is 25.1 Å². The summed E-state index contributed by atoms with van der Waals surface area (Å²) < 4.78 is 59.7. The first-order chi connectivity index (χ1) is 19.3. The van der Waals surface area contributed by atoms with Gasteiger partial charge in [-0.25, -0.2) is 22.8 Å². The predicted octanol–water partition coefficient (Wildman–Crippen LogP) is 2.48. The molecule has 0 unspecified atom stereocenters. The van der Waals surface area contributed by atoms with E-state index in [9.17, 15) is 12.8 Å². The Morgan fingerprint density at radius 1 is 0.975 bits per heavy atom. The summed E-state index contributed by atoms with van der Waals surface area (Å²) in [5.74, 6) is 0.652. The molecular weight excluding hydrogens is 541 g/mol. The van der Waals surface area contributed by atoms with Gasteiger partial charge < -0.3 is 19.1 Å². The maximum absolute atomic E-state index is 13.9. The monoisotopic (exact) mass is 569 g/mol. The van der Waals surface area contributed by atoms with Crippen LogP contribution in [0.2, 0.25) is 0 Å². The summed E-state index contributed by atoms with van der Waals surface area (Å²) in [6, 6.07) is 8.81. The number of ether oxygens (including phenoxy) is 3. The second-order valence-electron chi connectivity index (χ2n) is 9.16. The second-order valence-corrected chi connectivity index (χ2v) is 11.4. The van der Waals surface area contributed by atoms with Gasteiger partial charge in [0.1, 0.15) is 22.9 Å². The number of sulfone groups is 1. The third-order valence-electron chi connectivity index (χ3n) is 6.71. The fraction of sp³-hybridized carbons (Fsp3) is 0.346. The van der Waals surface area contributed by atoms with Crippen LogP contribution in [0, 0.1) is 5.82 Å². The molecule has 1 aliphatic rings. The topological polar surface area (TPSA) is 134 Å². The lowest BCUT2D eigenvalue weighted by Gasteiger charge is -2.36. The van der Waals surface area contributed by atoms with E-state index in [4.69, 9.17) is 14.2 Å². The molecule has 0 N–H and O–H groups in total. The Kier molecular flexibility index (Phi) is 7.89. The first-order valence-electron chi connectivity index (χ1n) is 12.4. The zero-order valence-corrected chi connectivity index (χ0v) is 23.0. The Morgan fingerprint density at radius 2 is 1.70 bits per heavy atom. The van der Waals surface area contributed by atoms with Crippen LogP contribution in [-0.2, 0) is 20.3 Å². The van der Waals surface area contributed by atoms with Crippen molar-refractivity contribution >= 4 is 15.8 Å². The zero-order chi connectivity index (χ0) is 28.3. The number of anilines is 1. The van der Waals surface area contributed by atoms with Crippen molar-refractivity contribution in [3.63, 3.8) is 0 Å². The molecule has 1 saturated heterocycles. The Labute approximate surface area is 230 Å². The molecule has 0 aliphatic carbocycles. The van der Waals surface area contributed by atoms with Crippen molar-refractivity contribution in [3.05, 3.63) is 66.8 Å². The normalized spacial score (nSPS) is 17.6. The van der Waals surface area contributed by atoms with Gasteiger partial charge in [0.25, 0.3) is 0 Å². The van der Waals surface area contributed by atoms with Crippen LogP contribution >= 0.6 is 0 Å². The quantitative estimate of drug-likeness (QED) is 0.294. The van der Waals surface area contributed by atoms with Gasteiger partial charge in [0.05, 0.1) is 38.0 Å². The van der Waals surface area contributed by atoms with Gasteiger partial charge in [-0.05, 0) is 30.7 Å². The zero-order valence-electron chi connectivity index (χ0n) is 22.1. The van der Waals surface area contributed by atoms with Gasteiger partial charge in [0.2, 0.25) is 5.95 Å². The number of pyridine rings is 1. The van der Waals surface area contributed by atoms with Crippen LogP contribution in [-0.4, -0.2) is 83.9 Å². The van der Waals surface area contributed by atoms with Crippen LogP contribution in [0.1, 0.15) is 12.2 Å². The number of methoxy groups -OCH3 is 3. The van der Waals surface area contributed by atoms with Gasteiger partial charge in [0, 0.05) is 38.2 Å². The number of piperidine rings is 1. The molecule has 1 aromatic carbocycles. The largest absolute Gasteiger partial charge is 0.494 e. The van der Waals surface area contributed by atoms with Gasteiger partial charge in [-0.3, -0.25) is 9.55 Å². The average Bonchev–Trinajstić information content (AvgIpc) is 3.39. The Balaban J connectivity index is 1.56. The van der Waals surface area contributed by atoms with Crippen molar-refractivity contribution in [2.45, 2.75) is 23.5 Å². The van der Waals surface area contributed by atoms with E-state index in [1.807, 2.05) is 0 Å². The predicted molar refractivity (Wildman–Crippen MR) is 144 cm³/mol. The highest BCUT2D eigenvalue weighted by molar-refractivity contribution is 7.91. The summed E-state index contributed by atoms with van der Waals surface area (Å²) in [5, 5.41) is 7.82. The number of hydrogen-bond donors (Lipinski definition) is 0. The second kappa shape index (κ2) is 11.5. The molecule has 1 fully saturated rings. The van der Waals surface area contributed by atoms with E-state index < -0.39 is 32.8 Å². The van der Waals surface area contributed by atoms with Crippen LogP contribution in [0.25, 0.3) is 17.1 Å². The van der Waals surface area contributed by atoms with Gasteiger partial charge in [-0.2, -0.15) is 0 Å². The summed E-state index contributed by atoms with van der Waals surface area (Å²) in [4.78, 5) is 13.9. The van der Waals surface area contributed by atoms with Crippen molar-refractivity contribution < 1.29 is 27.0 Å². The fourth-order valence-corrected chi connectivity index (χ4v) is 6.45. The van der Waals surface area contributed by atoms with Crippen molar-refractivity contribution in [1.29, 1.82) is 0 Å². The van der Waals surface area contributed by atoms with E-state index >= 15 is 0 Å². The number of para-hydroxylation sites is 1. The summed E-state index contributed by atoms with van der Waals surface area (Å²) in [7, 11) is 0.714. The lowest BCUT2D eigenvalue weighted by molar-refractivity contribution is 0.0897. The first-order valence-corrected chi connectivity index (χ1v) is 14.1. The van der Waals surface area contributed by atoms with E-state index in [-0.39, 0.29) is 24.7 Å². The highest BCUT2D eigenvalue weighted by Gasteiger charge is 2.38. The number of hydrogen-bond acceptors (Lipinski definition) is 11. The molecule has 12 nitrogen and oxygen atoms in total. The summed E-state index contributed by atoms with van der Waals surface area (Å²) in [6.45, 7) is 0.476.